The second-order valence-electron chi connectivity index (χ2n) is 3.31. The predicted octanol–water partition coefficient (Wildman–Crippen LogP) is 0.000900. The molecule has 4 heteroatoms. The summed E-state index contributed by atoms with van der Waals surface area (Å²) >= 11 is 0. The van der Waals surface area contributed by atoms with Crippen LogP contribution in [0.4, 0.5) is 0 Å². The third-order valence-electron chi connectivity index (χ3n) is 2.54. The van der Waals surface area contributed by atoms with Crippen LogP contribution in [0, 0.1) is 0 Å². The molecule has 0 aromatic rings. The Hall–Kier alpha value is -0.450. The van der Waals surface area contributed by atoms with Crippen LogP contribution in [0.5, 0.6) is 0 Å². The Labute approximate surface area is 79.5 Å². The summed E-state index contributed by atoms with van der Waals surface area (Å²) in [6.45, 7) is 5.31. The van der Waals surface area contributed by atoms with Gasteiger partial charge in [0.1, 0.15) is 0 Å². The Kier molecular flexibility index (Phi) is 5.13. The fourth-order valence-corrected chi connectivity index (χ4v) is 1.26. The number of Topliss-reactive ketones (excluding diaryl/α,β-unsaturated/α-hetero) is 1. The highest BCUT2D eigenvalue weighted by Gasteiger charge is 2.32. The molecule has 0 aliphatic carbocycles. The van der Waals surface area contributed by atoms with Crippen LogP contribution in [0.25, 0.3) is 0 Å². The van der Waals surface area contributed by atoms with Crippen molar-refractivity contribution in [1.29, 1.82) is 0 Å². The molecule has 1 atom stereocenters. The molecule has 0 spiro atoms. The molecule has 78 valence electrons. The number of hydrogen-bond acceptors (Lipinski definition) is 4. The van der Waals surface area contributed by atoms with Crippen molar-refractivity contribution in [3.05, 3.63) is 0 Å². The van der Waals surface area contributed by atoms with E-state index in [1.165, 1.54) is 0 Å². The smallest absolute Gasteiger partial charge is 0.169 e. The van der Waals surface area contributed by atoms with Crippen molar-refractivity contribution in [2.75, 3.05) is 6.73 Å². The number of carbonyl (C=O) groups is 1. The van der Waals surface area contributed by atoms with Gasteiger partial charge in [-0.25, -0.2) is 0 Å². The fraction of sp³-hybridized carbons (Fsp3) is 0.889. The topological polar surface area (TPSA) is 75.4 Å². The molecule has 0 amide bonds. The molecular weight excluding hydrogens is 168 g/mol. The van der Waals surface area contributed by atoms with E-state index >= 15 is 0 Å². The molecule has 0 aromatic carbocycles. The maximum absolute atomic E-state index is 11.7. The Balaban J connectivity index is 4.37. The number of aliphatic hydroxyl groups is 1. The summed E-state index contributed by atoms with van der Waals surface area (Å²) in [7, 11) is 0. The number of aliphatic hydroxyl groups excluding tert-OH is 1. The summed E-state index contributed by atoms with van der Waals surface area (Å²) in [5.41, 5.74) is 5.15. The number of hydrogen-bond donors (Lipinski definition) is 3. The molecule has 0 saturated carbocycles. The molecule has 1 unspecified atom stereocenters. The van der Waals surface area contributed by atoms with Crippen LogP contribution in [-0.2, 0) is 4.79 Å². The van der Waals surface area contributed by atoms with Crippen molar-refractivity contribution in [2.24, 2.45) is 5.73 Å². The number of carbonyl (C=O) groups excluding carboxylic acids is 1. The van der Waals surface area contributed by atoms with E-state index in [0.29, 0.717) is 12.8 Å². The van der Waals surface area contributed by atoms with Gasteiger partial charge in [0, 0.05) is 0 Å². The monoisotopic (exact) mass is 188 g/mol. The molecule has 0 aromatic heterocycles. The zero-order valence-corrected chi connectivity index (χ0v) is 8.63. The second kappa shape index (κ2) is 5.32. The standard InChI is InChI=1S/C9H20N2O2/c1-4-9(10,5-2)8(13)7(3)11-6-12/h7,11-12H,4-6,10H2,1-3H3. The first-order valence-corrected chi connectivity index (χ1v) is 4.69. The van der Waals surface area contributed by atoms with E-state index in [0.717, 1.165) is 0 Å². The zero-order chi connectivity index (χ0) is 10.5. The summed E-state index contributed by atoms with van der Waals surface area (Å²) in [4.78, 5) is 11.7. The van der Waals surface area contributed by atoms with E-state index in [1.807, 2.05) is 13.8 Å². The molecule has 0 fully saturated rings. The number of rotatable bonds is 6. The molecule has 0 radical (unpaired) electrons. The van der Waals surface area contributed by atoms with Crippen molar-refractivity contribution in [3.8, 4) is 0 Å². The number of nitrogens with two attached hydrogens (primary N) is 1. The normalized spacial score (nSPS) is 14.2. The Morgan fingerprint density at radius 3 is 2.31 bits per heavy atom. The highest BCUT2D eigenvalue weighted by atomic mass is 16.3. The van der Waals surface area contributed by atoms with Crippen molar-refractivity contribution in [3.63, 3.8) is 0 Å². The molecule has 0 bridgehead atoms. The van der Waals surface area contributed by atoms with E-state index < -0.39 is 5.54 Å². The van der Waals surface area contributed by atoms with Crippen molar-refractivity contribution >= 4 is 5.78 Å². The fourth-order valence-electron chi connectivity index (χ4n) is 1.26. The lowest BCUT2D eigenvalue weighted by molar-refractivity contribution is -0.126. The van der Waals surface area contributed by atoms with Gasteiger partial charge >= 0.3 is 0 Å². The average molecular weight is 188 g/mol. The van der Waals surface area contributed by atoms with E-state index in [9.17, 15) is 4.79 Å². The van der Waals surface area contributed by atoms with E-state index in [2.05, 4.69) is 5.32 Å². The van der Waals surface area contributed by atoms with Crippen LogP contribution in [0.3, 0.4) is 0 Å². The molecule has 0 heterocycles. The van der Waals surface area contributed by atoms with Gasteiger partial charge in [-0.15, -0.1) is 0 Å². The van der Waals surface area contributed by atoms with Crippen LogP contribution in [0.2, 0.25) is 0 Å². The van der Waals surface area contributed by atoms with Gasteiger partial charge in [0.15, 0.2) is 5.78 Å². The number of nitrogens with one attached hydrogen (secondary N) is 1. The van der Waals surface area contributed by atoms with E-state index in [1.54, 1.807) is 6.92 Å². The van der Waals surface area contributed by atoms with Crippen molar-refractivity contribution < 1.29 is 9.90 Å². The molecule has 13 heavy (non-hydrogen) atoms. The Bertz CT molecular complexity index is 167. The third kappa shape index (κ3) is 3.06. The SMILES string of the molecule is CCC(N)(CC)C(=O)C(C)NCO. The van der Waals surface area contributed by atoms with Gasteiger partial charge in [0.25, 0.3) is 0 Å². The molecule has 0 saturated heterocycles. The minimum absolute atomic E-state index is 0.0356. The highest BCUT2D eigenvalue weighted by Crippen LogP contribution is 2.14. The lowest BCUT2D eigenvalue weighted by Gasteiger charge is -2.28. The summed E-state index contributed by atoms with van der Waals surface area (Å²) in [5.74, 6) is -0.0356. The lowest BCUT2D eigenvalue weighted by Crippen LogP contribution is -2.54. The zero-order valence-electron chi connectivity index (χ0n) is 8.63. The van der Waals surface area contributed by atoms with Gasteiger partial charge in [0.05, 0.1) is 18.3 Å². The summed E-state index contributed by atoms with van der Waals surface area (Å²) in [6.07, 6.45) is 1.25. The lowest BCUT2D eigenvalue weighted by atomic mass is 9.86. The minimum Gasteiger partial charge on any atom is -0.381 e. The van der Waals surface area contributed by atoms with Crippen LogP contribution in [0.1, 0.15) is 33.6 Å². The van der Waals surface area contributed by atoms with Crippen molar-refractivity contribution in [2.45, 2.75) is 45.2 Å². The van der Waals surface area contributed by atoms with Crippen LogP contribution < -0.4 is 11.1 Å². The maximum atomic E-state index is 11.7. The van der Waals surface area contributed by atoms with Gasteiger partial charge in [-0.2, -0.15) is 0 Å². The van der Waals surface area contributed by atoms with Gasteiger partial charge < -0.3 is 10.8 Å². The first-order valence-electron chi connectivity index (χ1n) is 4.69. The Morgan fingerprint density at radius 2 is 2.00 bits per heavy atom. The minimum atomic E-state index is -0.748. The highest BCUT2D eigenvalue weighted by molar-refractivity contribution is 5.92. The quantitative estimate of drug-likeness (QED) is 0.513. The van der Waals surface area contributed by atoms with E-state index in [4.69, 9.17) is 10.8 Å². The van der Waals surface area contributed by atoms with Gasteiger partial charge in [0.2, 0.25) is 0 Å². The van der Waals surface area contributed by atoms with Crippen LogP contribution in [-0.4, -0.2) is 29.2 Å². The maximum Gasteiger partial charge on any atom is 0.169 e. The molecular formula is C9H20N2O2. The molecule has 4 nitrogen and oxygen atoms in total. The second-order valence-corrected chi connectivity index (χ2v) is 3.31. The third-order valence-corrected chi connectivity index (χ3v) is 2.54. The molecule has 0 aliphatic rings. The molecule has 0 rings (SSSR count). The first kappa shape index (κ1) is 12.6. The Morgan fingerprint density at radius 1 is 1.54 bits per heavy atom. The van der Waals surface area contributed by atoms with Gasteiger partial charge in [-0.05, 0) is 19.8 Å². The first-order chi connectivity index (χ1) is 6.01. The molecule has 0 aliphatic heterocycles. The van der Waals surface area contributed by atoms with Gasteiger partial charge in [-0.1, -0.05) is 13.8 Å². The summed E-state index contributed by atoms with van der Waals surface area (Å²) in [6, 6.07) is -0.380. The largest absolute Gasteiger partial charge is 0.381 e. The van der Waals surface area contributed by atoms with Crippen LogP contribution >= 0.6 is 0 Å². The van der Waals surface area contributed by atoms with E-state index in [-0.39, 0.29) is 18.6 Å². The van der Waals surface area contributed by atoms with Gasteiger partial charge in [-0.3, -0.25) is 10.1 Å². The molecule has 4 N–H and O–H groups in total. The summed E-state index contributed by atoms with van der Waals surface area (Å²) < 4.78 is 0. The van der Waals surface area contributed by atoms with Crippen LogP contribution in [0.15, 0.2) is 0 Å². The number of ketones is 1. The predicted molar refractivity (Wildman–Crippen MR) is 52.2 cm³/mol. The summed E-state index contributed by atoms with van der Waals surface area (Å²) in [5, 5.41) is 11.2. The van der Waals surface area contributed by atoms with Crippen molar-refractivity contribution in [1.82, 2.24) is 5.32 Å². The average Bonchev–Trinajstić information content (AvgIpc) is 2.16.